The SMILES string of the molecule is CCOc1ccc(-c2nc3scc(-c4ccc(OC)cc4)n3c2CC#N)cc1. The molecule has 0 bridgehead atoms. The van der Waals surface area contributed by atoms with Crippen LogP contribution in [0.15, 0.2) is 53.9 Å². The Kier molecular flexibility index (Phi) is 5.00. The van der Waals surface area contributed by atoms with E-state index in [2.05, 4.69) is 15.8 Å². The van der Waals surface area contributed by atoms with Gasteiger partial charge in [-0.15, -0.1) is 11.3 Å². The first-order chi connectivity index (χ1) is 13.7. The van der Waals surface area contributed by atoms with Gasteiger partial charge in [-0.1, -0.05) is 0 Å². The minimum atomic E-state index is 0.281. The number of ether oxygens (including phenoxy) is 2. The van der Waals surface area contributed by atoms with Crippen molar-refractivity contribution in [2.24, 2.45) is 0 Å². The largest absolute Gasteiger partial charge is 0.497 e. The lowest BCUT2D eigenvalue weighted by molar-refractivity contribution is 0.340. The van der Waals surface area contributed by atoms with Crippen LogP contribution in [0, 0.1) is 11.3 Å². The molecule has 0 radical (unpaired) electrons. The minimum absolute atomic E-state index is 0.281. The van der Waals surface area contributed by atoms with E-state index >= 15 is 0 Å². The maximum Gasteiger partial charge on any atom is 0.194 e. The molecule has 0 aliphatic heterocycles. The van der Waals surface area contributed by atoms with Crippen LogP contribution in [0.4, 0.5) is 0 Å². The Bertz CT molecular complexity index is 1140. The van der Waals surface area contributed by atoms with Gasteiger partial charge in [-0.05, 0) is 61.0 Å². The molecule has 0 spiro atoms. The number of aromatic nitrogens is 2. The number of methoxy groups -OCH3 is 1. The molecule has 0 saturated heterocycles. The molecule has 0 saturated carbocycles. The Morgan fingerprint density at radius 3 is 2.36 bits per heavy atom. The molecule has 0 aliphatic rings. The van der Waals surface area contributed by atoms with Gasteiger partial charge >= 0.3 is 0 Å². The van der Waals surface area contributed by atoms with Crippen molar-refractivity contribution in [3.63, 3.8) is 0 Å². The molecule has 0 N–H and O–H groups in total. The fourth-order valence-corrected chi connectivity index (χ4v) is 4.14. The smallest absolute Gasteiger partial charge is 0.194 e. The van der Waals surface area contributed by atoms with Crippen LogP contribution in [0.1, 0.15) is 12.6 Å². The van der Waals surface area contributed by atoms with Crippen LogP contribution in [0.25, 0.3) is 27.5 Å². The third-order valence-electron chi connectivity index (χ3n) is 4.53. The first-order valence-corrected chi connectivity index (χ1v) is 9.86. The van der Waals surface area contributed by atoms with Gasteiger partial charge < -0.3 is 9.47 Å². The molecule has 2 aromatic heterocycles. The van der Waals surface area contributed by atoms with Crippen molar-refractivity contribution in [2.75, 3.05) is 13.7 Å². The average Bonchev–Trinajstić information content (AvgIpc) is 3.30. The van der Waals surface area contributed by atoms with Crippen molar-refractivity contribution in [2.45, 2.75) is 13.3 Å². The highest BCUT2D eigenvalue weighted by molar-refractivity contribution is 7.15. The molecule has 6 heteroatoms. The summed E-state index contributed by atoms with van der Waals surface area (Å²) >= 11 is 1.57. The van der Waals surface area contributed by atoms with Gasteiger partial charge in [0.25, 0.3) is 0 Å². The first kappa shape index (κ1) is 18.1. The zero-order chi connectivity index (χ0) is 19.5. The zero-order valence-corrected chi connectivity index (χ0v) is 16.5. The van der Waals surface area contributed by atoms with E-state index in [1.165, 1.54) is 0 Å². The minimum Gasteiger partial charge on any atom is -0.497 e. The quantitative estimate of drug-likeness (QED) is 0.455. The lowest BCUT2D eigenvalue weighted by Gasteiger charge is -2.07. The van der Waals surface area contributed by atoms with Gasteiger partial charge in [0.2, 0.25) is 0 Å². The number of hydrogen-bond acceptors (Lipinski definition) is 5. The van der Waals surface area contributed by atoms with Crippen LogP contribution in [0.5, 0.6) is 11.5 Å². The van der Waals surface area contributed by atoms with E-state index in [1.54, 1.807) is 18.4 Å². The fraction of sp³-hybridized carbons (Fsp3) is 0.182. The van der Waals surface area contributed by atoms with Crippen LogP contribution in [0.3, 0.4) is 0 Å². The highest BCUT2D eigenvalue weighted by Gasteiger charge is 2.19. The molecule has 0 atom stereocenters. The topological polar surface area (TPSA) is 59.6 Å². The van der Waals surface area contributed by atoms with Crippen molar-refractivity contribution in [3.8, 4) is 40.1 Å². The third-order valence-corrected chi connectivity index (χ3v) is 5.36. The molecular formula is C22H19N3O2S. The molecule has 140 valence electrons. The summed E-state index contributed by atoms with van der Waals surface area (Å²) in [4.78, 5) is 5.70. The number of imidazole rings is 1. The number of nitrogens with zero attached hydrogens (tertiary/aromatic N) is 3. The second-order valence-electron chi connectivity index (χ2n) is 6.17. The number of hydrogen-bond donors (Lipinski definition) is 0. The molecule has 28 heavy (non-hydrogen) atoms. The Hall–Kier alpha value is -3.30. The van der Waals surface area contributed by atoms with Gasteiger partial charge in [-0.3, -0.25) is 4.40 Å². The molecule has 2 aromatic carbocycles. The summed E-state index contributed by atoms with van der Waals surface area (Å²) in [5.41, 5.74) is 4.80. The number of rotatable bonds is 6. The normalized spacial score (nSPS) is 10.8. The highest BCUT2D eigenvalue weighted by atomic mass is 32.1. The second kappa shape index (κ2) is 7.75. The molecule has 4 rings (SSSR count). The van der Waals surface area contributed by atoms with Gasteiger partial charge in [-0.2, -0.15) is 5.26 Å². The van der Waals surface area contributed by atoms with Crippen LogP contribution in [-0.2, 0) is 6.42 Å². The Labute approximate surface area is 167 Å². The van der Waals surface area contributed by atoms with E-state index < -0.39 is 0 Å². The maximum atomic E-state index is 9.43. The highest BCUT2D eigenvalue weighted by Crippen LogP contribution is 2.34. The fourth-order valence-electron chi connectivity index (χ4n) is 3.22. The van der Waals surface area contributed by atoms with Gasteiger partial charge in [0.05, 0.1) is 43.3 Å². The lowest BCUT2D eigenvalue weighted by Crippen LogP contribution is -1.95. The average molecular weight is 389 g/mol. The van der Waals surface area contributed by atoms with E-state index in [4.69, 9.17) is 14.5 Å². The van der Waals surface area contributed by atoms with Crippen LogP contribution >= 0.6 is 11.3 Å². The Balaban J connectivity index is 1.83. The molecule has 5 nitrogen and oxygen atoms in total. The van der Waals surface area contributed by atoms with Crippen molar-refractivity contribution >= 4 is 16.3 Å². The number of benzene rings is 2. The van der Waals surface area contributed by atoms with Gasteiger partial charge in [0, 0.05) is 10.9 Å². The van der Waals surface area contributed by atoms with Crippen molar-refractivity contribution in [1.82, 2.24) is 9.38 Å². The van der Waals surface area contributed by atoms with Crippen molar-refractivity contribution < 1.29 is 9.47 Å². The van der Waals surface area contributed by atoms with Crippen molar-refractivity contribution in [1.29, 1.82) is 5.26 Å². The first-order valence-electron chi connectivity index (χ1n) is 8.98. The maximum absolute atomic E-state index is 9.43. The Morgan fingerprint density at radius 1 is 1.04 bits per heavy atom. The van der Waals surface area contributed by atoms with Crippen LogP contribution < -0.4 is 9.47 Å². The summed E-state index contributed by atoms with van der Waals surface area (Å²) in [6.07, 6.45) is 0.281. The lowest BCUT2D eigenvalue weighted by atomic mass is 10.1. The summed E-state index contributed by atoms with van der Waals surface area (Å²) in [6, 6.07) is 18.1. The summed E-state index contributed by atoms with van der Waals surface area (Å²) in [5, 5.41) is 11.5. The van der Waals surface area contributed by atoms with E-state index in [9.17, 15) is 5.26 Å². The molecule has 0 amide bonds. The summed E-state index contributed by atoms with van der Waals surface area (Å²) < 4.78 is 12.9. The standard InChI is InChI=1S/C22H19N3O2S/c1-3-27-18-10-6-16(7-11-18)21-19(12-13-23)25-20(14-28-22(25)24-21)15-4-8-17(26-2)9-5-15/h4-11,14H,3,12H2,1-2H3. The van der Waals surface area contributed by atoms with Gasteiger partial charge in [0.15, 0.2) is 4.96 Å². The van der Waals surface area contributed by atoms with E-state index in [0.29, 0.717) is 6.61 Å². The van der Waals surface area contributed by atoms with Crippen LogP contribution in [-0.4, -0.2) is 23.1 Å². The number of thiazole rings is 1. The molecule has 4 aromatic rings. The predicted octanol–water partition coefficient (Wildman–Crippen LogP) is 5.20. The van der Waals surface area contributed by atoms with Crippen molar-refractivity contribution in [3.05, 3.63) is 59.6 Å². The van der Waals surface area contributed by atoms with E-state index in [1.807, 2.05) is 55.5 Å². The molecule has 0 aliphatic carbocycles. The Morgan fingerprint density at radius 2 is 1.71 bits per heavy atom. The molecule has 0 fully saturated rings. The van der Waals surface area contributed by atoms with E-state index in [0.717, 1.165) is 44.7 Å². The number of nitriles is 1. The summed E-state index contributed by atoms with van der Waals surface area (Å²) in [6.45, 7) is 2.59. The van der Waals surface area contributed by atoms with Gasteiger partial charge in [0.1, 0.15) is 11.5 Å². The van der Waals surface area contributed by atoms with Crippen LogP contribution in [0.2, 0.25) is 0 Å². The van der Waals surface area contributed by atoms with E-state index in [-0.39, 0.29) is 6.42 Å². The molecule has 2 heterocycles. The molecular weight excluding hydrogens is 370 g/mol. The predicted molar refractivity (Wildman–Crippen MR) is 111 cm³/mol. The zero-order valence-electron chi connectivity index (χ0n) is 15.7. The summed E-state index contributed by atoms with van der Waals surface area (Å²) in [5.74, 6) is 1.64. The number of fused-ring (bicyclic) bond motifs is 1. The summed E-state index contributed by atoms with van der Waals surface area (Å²) in [7, 11) is 1.65. The second-order valence-corrected chi connectivity index (χ2v) is 7.00. The van der Waals surface area contributed by atoms with Gasteiger partial charge in [-0.25, -0.2) is 4.98 Å². The molecule has 0 unspecified atom stereocenters. The third kappa shape index (κ3) is 3.21. The monoisotopic (exact) mass is 389 g/mol.